The Bertz CT molecular complexity index is 69.4. The Morgan fingerprint density at radius 3 is 1.89 bits per heavy atom. The van der Waals surface area contributed by atoms with E-state index in [0.717, 1.165) is 6.42 Å². The quantitative estimate of drug-likeness (QED) is 0.484. The number of hydrogen-bond donors (Lipinski definition) is 3. The Balaban J connectivity index is 0. The van der Waals surface area contributed by atoms with E-state index >= 15 is 0 Å². The van der Waals surface area contributed by atoms with Gasteiger partial charge in [0, 0.05) is 6.04 Å². The maximum atomic E-state index is 8.78. The Labute approximate surface area is 54.8 Å². The maximum Gasteiger partial charge on any atom is 0.402 e. The molecule has 0 aliphatic carbocycles. The number of carboxylic acid groups (broad SMARTS) is 1. The smallest absolute Gasteiger partial charge is 0.402 e. The first-order valence-corrected chi connectivity index (χ1v) is 2.74. The van der Waals surface area contributed by atoms with Gasteiger partial charge in [0.05, 0.1) is 0 Å². The van der Waals surface area contributed by atoms with E-state index in [-0.39, 0.29) is 0 Å². The molecule has 0 rings (SSSR count). The van der Waals surface area contributed by atoms with Crippen LogP contribution in [-0.4, -0.2) is 17.2 Å². The summed E-state index contributed by atoms with van der Waals surface area (Å²) in [5.74, 6) is 0. The molecule has 0 aromatic carbocycles. The summed E-state index contributed by atoms with van der Waals surface area (Å²) in [6.45, 7) is 4.07. The molecule has 0 radical (unpaired) electrons. The molecular formula is C5H14N2O2. The summed E-state index contributed by atoms with van der Waals surface area (Å²) >= 11 is 0. The van der Waals surface area contributed by atoms with Crippen molar-refractivity contribution in [2.45, 2.75) is 26.3 Å². The van der Waals surface area contributed by atoms with Gasteiger partial charge in [-0.2, -0.15) is 0 Å². The van der Waals surface area contributed by atoms with Crippen molar-refractivity contribution in [3.05, 3.63) is 0 Å². The zero-order valence-corrected chi connectivity index (χ0v) is 5.79. The molecule has 4 heteroatoms. The van der Waals surface area contributed by atoms with Gasteiger partial charge in [0.1, 0.15) is 0 Å². The number of amides is 1. The Hall–Kier alpha value is -0.770. The average Bonchev–Trinajstić information content (AvgIpc) is 1.65. The summed E-state index contributed by atoms with van der Waals surface area (Å²) < 4.78 is 0. The summed E-state index contributed by atoms with van der Waals surface area (Å²) in [7, 11) is 0. The topological polar surface area (TPSA) is 89.3 Å². The third-order valence-corrected chi connectivity index (χ3v) is 0.644. The monoisotopic (exact) mass is 134 g/mol. The predicted octanol–water partition coefficient (Wildman–Crippen LogP) is 0.367. The number of hydrogen-bond acceptors (Lipinski definition) is 2. The van der Waals surface area contributed by atoms with Crippen molar-refractivity contribution in [1.82, 2.24) is 0 Å². The summed E-state index contributed by atoms with van der Waals surface area (Å²) in [4.78, 5) is 8.78. The van der Waals surface area contributed by atoms with Crippen LogP contribution in [0.3, 0.4) is 0 Å². The van der Waals surface area contributed by atoms with Crippen LogP contribution in [0.4, 0.5) is 4.79 Å². The number of primary amides is 1. The van der Waals surface area contributed by atoms with Crippen molar-refractivity contribution < 1.29 is 9.90 Å². The SMILES string of the molecule is CCC(C)N.NC(=O)O. The lowest BCUT2D eigenvalue weighted by atomic mass is 10.3. The minimum Gasteiger partial charge on any atom is -0.465 e. The molecule has 0 saturated heterocycles. The van der Waals surface area contributed by atoms with Crippen molar-refractivity contribution in [2.75, 3.05) is 0 Å². The molecule has 1 amide bonds. The van der Waals surface area contributed by atoms with Crippen molar-refractivity contribution in [1.29, 1.82) is 0 Å². The maximum absolute atomic E-state index is 8.78. The molecule has 1 unspecified atom stereocenters. The van der Waals surface area contributed by atoms with Gasteiger partial charge in [-0.1, -0.05) is 6.92 Å². The van der Waals surface area contributed by atoms with Crippen molar-refractivity contribution in [3.63, 3.8) is 0 Å². The van der Waals surface area contributed by atoms with Crippen LogP contribution in [0.15, 0.2) is 0 Å². The van der Waals surface area contributed by atoms with Crippen LogP contribution >= 0.6 is 0 Å². The zero-order chi connectivity index (χ0) is 7.86. The molecule has 0 aliphatic rings. The van der Waals surface area contributed by atoms with Crippen molar-refractivity contribution in [3.8, 4) is 0 Å². The Kier molecular flexibility index (Phi) is 8.90. The highest BCUT2D eigenvalue weighted by atomic mass is 16.4. The first-order valence-electron chi connectivity index (χ1n) is 2.74. The van der Waals surface area contributed by atoms with Crippen LogP contribution in [0.5, 0.6) is 0 Å². The van der Waals surface area contributed by atoms with Gasteiger partial charge in [0.2, 0.25) is 0 Å². The molecule has 56 valence electrons. The van der Waals surface area contributed by atoms with Gasteiger partial charge in [0.15, 0.2) is 0 Å². The Morgan fingerprint density at radius 1 is 1.78 bits per heavy atom. The largest absolute Gasteiger partial charge is 0.465 e. The first-order chi connectivity index (χ1) is 4.00. The molecule has 0 aromatic rings. The molecule has 1 atom stereocenters. The van der Waals surface area contributed by atoms with Crippen LogP contribution < -0.4 is 11.5 Å². The van der Waals surface area contributed by atoms with E-state index in [0.29, 0.717) is 6.04 Å². The zero-order valence-electron chi connectivity index (χ0n) is 5.79. The molecule has 0 saturated carbocycles. The second-order valence-electron chi connectivity index (χ2n) is 1.72. The number of rotatable bonds is 1. The first kappa shape index (κ1) is 11.1. The van der Waals surface area contributed by atoms with E-state index in [1.54, 1.807) is 0 Å². The highest BCUT2D eigenvalue weighted by molar-refractivity contribution is 5.61. The molecule has 0 aliphatic heterocycles. The van der Waals surface area contributed by atoms with Gasteiger partial charge in [0.25, 0.3) is 0 Å². The van der Waals surface area contributed by atoms with E-state index in [1.165, 1.54) is 0 Å². The van der Waals surface area contributed by atoms with E-state index in [2.05, 4.69) is 12.7 Å². The lowest BCUT2D eigenvalue weighted by molar-refractivity contribution is 0.205. The van der Waals surface area contributed by atoms with Crippen LogP contribution in [0.25, 0.3) is 0 Å². The van der Waals surface area contributed by atoms with E-state index < -0.39 is 6.09 Å². The summed E-state index contributed by atoms with van der Waals surface area (Å²) in [5.41, 5.74) is 9.32. The Morgan fingerprint density at radius 2 is 1.89 bits per heavy atom. The summed E-state index contributed by atoms with van der Waals surface area (Å²) in [6.07, 6.45) is -0.250. The van der Waals surface area contributed by atoms with Gasteiger partial charge in [-0.3, -0.25) is 0 Å². The standard InChI is InChI=1S/C4H11N.CH3NO2/c1-3-4(2)5;2-1(3)4/h4H,3,5H2,1-2H3;2H2,(H,3,4). The highest BCUT2D eigenvalue weighted by Gasteiger charge is 1.79. The molecule has 5 N–H and O–H groups in total. The molecule has 4 nitrogen and oxygen atoms in total. The van der Waals surface area contributed by atoms with E-state index in [9.17, 15) is 0 Å². The number of nitrogens with two attached hydrogens (primary N) is 2. The van der Waals surface area contributed by atoms with Crippen molar-refractivity contribution in [2.24, 2.45) is 11.5 Å². The fraction of sp³-hybridized carbons (Fsp3) is 0.800. The molecule has 0 spiro atoms. The van der Waals surface area contributed by atoms with Gasteiger partial charge in [-0.15, -0.1) is 0 Å². The second kappa shape index (κ2) is 7.23. The fourth-order valence-electron chi connectivity index (χ4n) is 0. The van der Waals surface area contributed by atoms with Crippen LogP contribution in [0.2, 0.25) is 0 Å². The van der Waals surface area contributed by atoms with Crippen molar-refractivity contribution >= 4 is 6.09 Å². The molecule has 0 fully saturated rings. The van der Waals surface area contributed by atoms with Crippen LogP contribution in [0.1, 0.15) is 20.3 Å². The van der Waals surface area contributed by atoms with Crippen LogP contribution in [0, 0.1) is 0 Å². The van der Waals surface area contributed by atoms with Gasteiger partial charge in [-0.25, -0.2) is 4.79 Å². The molecular weight excluding hydrogens is 120 g/mol. The normalized spacial score (nSPS) is 11.0. The third kappa shape index (κ3) is 131. The highest BCUT2D eigenvalue weighted by Crippen LogP contribution is 1.77. The minimum atomic E-state index is -1.33. The average molecular weight is 134 g/mol. The third-order valence-electron chi connectivity index (χ3n) is 0.644. The van der Waals surface area contributed by atoms with E-state index in [1.807, 2.05) is 6.92 Å². The minimum absolute atomic E-state index is 0.384. The molecule has 9 heavy (non-hydrogen) atoms. The lowest BCUT2D eigenvalue weighted by Gasteiger charge is -1.91. The van der Waals surface area contributed by atoms with Gasteiger partial charge >= 0.3 is 6.09 Å². The van der Waals surface area contributed by atoms with E-state index in [4.69, 9.17) is 15.6 Å². The van der Waals surface area contributed by atoms with Gasteiger partial charge < -0.3 is 16.6 Å². The second-order valence-corrected chi connectivity index (χ2v) is 1.72. The molecule has 0 bridgehead atoms. The molecule has 0 heterocycles. The fourth-order valence-corrected chi connectivity index (χ4v) is 0. The summed E-state index contributed by atoms with van der Waals surface area (Å²) in [5, 5.41) is 7.19. The molecule has 0 aromatic heterocycles. The van der Waals surface area contributed by atoms with Gasteiger partial charge in [-0.05, 0) is 13.3 Å². The lowest BCUT2D eigenvalue weighted by Crippen LogP contribution is -2.11. The summed E-state index contributed by atoms with van der Waals surface area (Å²) in [6, 6.07) is 0.384. The number of carbonyl (C=O) groups is 1. The predicted molar refractivity (Wildman–Crippen MR) is 36.2 cm³/mol. The van der Waals surface area contributed by atoms with Crippen LogP contribution in [-0.2, 0) is 0 Å².